The van der Waals surface area contributed by atoms with Gasteiger partial charge in [0.25, 0.3) is 0 Å². The number of hydrogen-bond acceptors (Lipinski definition) is 4. The molecule has 0 radical (unpaired) electrons. The molecule has 1 saturated heterocycles. The van der Waals surface area contributed by atoms with Gasteiger partial charge in [-0.3, -0.25) is 9.59 Å². The summed E-state index contributed by atoms with van der Waals surface area (Å²) in [5.41, 5.74) is 3.37. The first kappa shape index (κ1) is 23.8. The van der Waals surface area contributed by atoms with E-state index in [9.17, 15) is 14.7 Å². The Balaban J connectivity index is 1.84. The summed E-state index contributed by atoms with van der Waals surface area (Å²) >= 11 is 0. The second-order valence-corrected chi connectivity index (χ2v) is 7.75. The van der Waals surface area contributed by atoms with Crippen molar-refractivity contribution in [2.45, 2.75) is 64.0 Å². The van der Waals surface area contributed by atoms with E-state index in [2.05, 4.69) is 24.3 Å². The van der Waals surface area contributed by atoms with Gasteiger partial charge in [0.15, 0.2) is 0 Å². The number of aliphatic hydroxyl groups excluding tert-OH is 2. The highest BCUT2D eigenvalue weighted by molar-refractivity contribution is 5.83. The number of carboxylic acids is 1. The minimum atomic E-state index is -0.751. The molecule has 1 heterocycles. The number of aliphatic carboxylic acids is 1. The molecule has 6 heteroatoms. The van der Waals surface area contributed by atoms with Crippen LogP contribution in [-0.4, -0.2) is 51.4 Å². The number of aliphatic hydroxyl groups is 2. The van der Waals surface area contributed by atoms with Crippen molar-refractivity contribution in [3.8, 4) is 0 Å². The Morgan fingerprint density at radius 3 is 2.57 bits per heavy atom. The maximum atomic E-state index is 12.1. The van der Waals surface area contributed by atoms with Gasteiger partial charge in [-0.05, 0) is 50.2 Å². The third kappa shape index (κ3) is 7.43. The molecule has 1 aliphatic rings. The van der Waals surface area contributed by atoms with E-state index in [1.54, 1.807) is 0 Å². The Bertz CT molecular complexity index is 753. The lowest BCUT2D eigenvalue weighted by Gasteiger charge is -2.40. The molecule has 1 fully saturated rings. The molecule has 0 saturated carbocycles. The van der Waals surface area contributed by atoms with Crippen molar-refractivity contribution in [1.82, 2.24) is 4.90 Å². The van der Waals surface area contributed by atoms with Gasteiger partial charge in [0.05, 0.1) is 25.2 Å². The number of carbonyl (C=O) groups excluding carboxylic acids is 1. The van der Waals surface area contributed by atoms with E-state index in [4.69, 9.17) is 10.2 Å². The van der Waals surface area contributed by atoms with Crippen LogP contribution in [0.3, 0.4) is 0 Å². The summed E-state index contributed by atoms with van der Waals surface area (Å²) < 4.78 is 0. The highest BCUT2D eigenvalue weighted by Crippen LogP contribution is 2.34. The van der Waals surface area contributed by atoms with Crippen molar-refractivity contribution in [2.24, 2.45) is 0 Å². The van der Waals surface area contributed by atoms with Crippen LogP contribution in [0.4, 0.5) is 0 Å². The molecular weight excluding hydrogens is 382 g/mol. The molecule has 1 amide bonds. The van der Waals surface area contributed by atoms with Gasteiger partial charge in [0.2, 0.25) is 5.91 Å². The summed E-state index contributed by atoms with van der Waals surface area (Å²) in [4.78, 5) is 24.5. The van der Waals surface area contributed by atoms with Gasteiger partial charge in [0, 0.05) is 13.0 Å². The van der Waals surface area contributed by atoms with Crippen LogP contribution in [0.2, 0.25) is 0 Å². The average molecular weight is 416 g/mol. The van der Waals surface area contributed by atoms with E-state index in [1.165, 1.54) is 5.56 Å². The van der Waals surface area contributed by atoms with E-state index in [0.717, 1.165) is 24.0 Å². The van der Waals surface area contributed by atoms with E-state index in [-0.39, 0.29) is 25.0 Å². The van der Waals surface area contributed by atoms with Gasteiger partial charge in [-0.2, -0.15) is 0 Å². The zero-order chi connectivity index (χ0) is 21.9. The van der Waals surface area contributed by atoms with Gasteiger partial charge >= 0.3 is 5.97 Å². The summed E-state index contributed by atoms with van der Waals surface area (Å²) in [6.45, 7) is 2.25. The van der Waals surface area contributed by atoms with Crippen LogP contribution >= 0.6 is 0 Å². The largest absolute Gasteiger partial charge is 0.481 e. The maximum Gasteiger partial charge on any atom is 0.303 e. The smallest absolute Gasteiger partial charge is 0.303 e. The first-order valence-electron chi connectivity index (χ1n) is 10.6. The fourth-order valence-corrected chi connectivity index (χ4v) is 3.56. The normalized spacial score (nSPS) is 18.0. The molecule has 0 bridgehead atoms. The number of unbranched alkanes of at least 4 members (excludes halogenated alkanes) is 1. The van der Waals surface area contributed by atoms with Crippen LogP contribution in [0, 0.1) is 0 Å². The predicted molar refractivity (Wildman–Crippen MR) is 116 cm³/mol. The Kier molecular flexibility index (Phi) is 9.77. The Morgan fingerprint density at radius 1 is 1.23 bits per heavy atom. The van der Waals surface area contributed by atoms with Crippen LogP contribution < -0.4 is 0 Å². The monoisotopic (exact) mass is 415 g/mol. The van der Waals surface area contributed by atoms with Gasteiger partial charge in [-0.1, -0.05) is 48.1 Å². The second kappa shape index (κ2) is 12.3. The molecule has 0 spiro atoms. The fraction of sp³-hybridized carbons (Fsp3) is 0.500. The number of aryl methyl sites for hydroxylation is 1. The number of carboxylic acid groups (broad SMARTS) is 1. The molecule has 0 aliphatic carbocycles. The summed E-state index contributed by atoms with van der Waals surface area (Å²) in [5, 5.41) is 27.1. The average Bonchev–Trinajstić information content (AvgIpc) is 2.74. The topological polar surface area (TPSA) is 98.1 Å². The minimum absolute atomic E-state index is 0.0912. The third-order valence-electron chi connectivity index (χ3n) is 5.52. The van der Waals surface area contributed by atoms with Gasteiger partial charge in [0.1, 0.15) is 0 Å². The molecule has 2 atom stereocenters. The number of allylic oxidation sites excluding steroid dienone is 3. The fourth-order valence-electron chi connectivity index (χ4n) is 3.56. The van der Waals surface area contributed by atoms with Crippen molar-refractivity contribution in [2.75, 3.05) is 13.2 Å². The number of amides is 1. The van der Waals surface area contributed by atoms with Crippen molar-refractivity contribution < 1.29 is 24.9 Å². The first-order chi connectivity index (χ1) is 14.4. The zero-order valence-corrected chi connectivity index (χ0v) is 17.7. The van der Waals surface area contributed by atoms with Crippen LogP contribution in [0.15, 0.2) is 48.1 Å². The Hall–Kier alpha value is -2.44. The second-order valence-electron chi connectivity index (χ2n) is 7.75. The SMILES string of the molecule is C/C=C(\C=C/CN1C(=O)CC1c1ccc(CCCCC(=O)O)cc1)CCC(O)CO. The summed E-state index contributed by atoms with van der Waals surface area (Å²) in [7, 11) is 0. The van der Waals surface area contributed by atoms with Gasteiger partial charge in [-0.15, -0.1) is 0 Å². The molecule has 1 aromatic carbocycles. The third-order valence-corrected chi connectivity index (χ3v) is 5.52. The summed E-state index contributed by atoms with van der Waals surface area (Å²) in [6.07, 6.45) is 9.55. The number of benzene rings is 1. The molecule has 0 aromatic heterocycles. The molecule has 1 aliphatic heterocycles. The number of nitrogens with zero attached hydrogens (tertiary/aromatic N) is 1. The van der Waals surface area contributed by atoms with Crippen molar-refractivity contribution in [1.29, 1.82) is 0 Å². The molecule has 2 unspecified atom stereocenters. The molecule has 1 aromatic rings. The van der Waals surface area contributed by atoms with Crippen LogP contribution in [0.25, 0.3) is 0 Å². The van der Waals surface area contributed by atoms with E-state index >= 15 is 0 Å². The number of likely N-dealkylation sites (tertiary alicyclic amines) is 1. The van der Waals surface area contributed by atoms with Crippen LogP contribution in [-0.2, 0) is 16.0 Å². The highest BCUT2D eigenvalue weighted by atomic mass is 16.4. The van der Waals surface area contributed by atoms with Crippen LogP contribution in [0.5, 0.6) is 0 Å². The lowest BCUT2D eigenvalue weighted by Crippen LogP contribution is -2.46. The van der Waals surface area contributed by atoms with E-state index in [1.807, 2.05) is 30.1 Å². The Labute approximate surface area is 178 Å². The highest BCUT2D eigenvalue weighted by Gasteiger charge is 2.35. The molecule has 6 nitrogen and oxygen atoms in total. The van der Waals surface area contributed by atoms with Crippen molar-refractivity contribution in [3.05, 3.63) is 59.2 Å². The lowest BCUT2D eigenvalue weighted by molar-refractivity contribution is -0.145. The van der Waals surface area contributed by atoms with E-state index < -0.39 is 12.1 Å². The molecule has 30 heavy (non-hydrogen) atoms. The number of β-lactam (4-membered cyclic amide) rings is 1. The maximum absolute atomic E-state index is 12.1. The van der Waals surface area contributed by atoms with Crippen molar-refractivity contribution in [3.63, 3.8) is 0 Å². The summed E-state index contributed by atoms with van der Waals surface area (Å²) in [6, 6.07) is 8.35. The quantitative estimate of drug-likeness (QED) is 0.261. The standard InChI is InChI=1S/C24H33NO5/c1-2-18(11-14-21(27)17-26)7-5-15-25-22(16-23(25)28)20-12-9-19(10-13-20)6-3-4-8-24(29)30/h2,5,7,9-10,12-13,21-22,26-27H,3-4,6,8,11,14-17H2,1H3,(H,29,30)/b7-5-,18-2+. The predicted octanol–water partition coefficient (Wildman–Crippen LogP) is 3.39. The van der Waals surface area contributed by atoms with Crippen LogP contribution in [0.1, 0.15) is 62.6 Å². The van der Waals surface area contributed by atoms with Gasteiger partial charge < -0.3 is 20.2 Å². The molecule has 164 valence electrons. The first-order valence-corrected chi connectivity index (χ1v) is 10.6. The number of hydrogen-bond donors (Lipinski definition) is 3. The zero-order valence-electron chi connectivity index (χ0n) is 17.7. The summed E-state index contributed by atoms with van der Waals surface area (Å²) in [5.74, 6) is -0.612. The number of carbonyl (C=O) groups is 2. The molecule has 3 N–H and O–H groups in total. The van der Waals surface area contributed by atoms with E-state index in [0.29, 0.717) is 32.2 Å². The van der Waals surface area contributed by atoms with Gasteiger partial charge in [-0.25, -0.2) is 0 Å². The lowest BCUT2D eigenvalue weighted by atomic mass is 9.92. The number of rotatable bonds is 13. The van der Waals surface area contributed by atoms with Crippen molar-refractivity contribution >= 4 is 11.9 Å². The Morgan fingerprint density at radius 2 is 1.97 bits per heavy atom. The molecular formula is C24H33NO5. The molecule has 2 rings (SSSR count). The minimum Gasteiger partial charge on any atom is -0.481 e.